The van der Waals surface area contributed by atoms with E-state index in [1.54, 1.807) is 19.9 Å². The Morgan fingerprint density at radius 1 is 0.929 bits per heavy atom. The highest BCUT2D eigenvalue weighted by atomic mass is 19.2. The molecule has 0 saturated heterocycles. The van der Waals surface area contributed by atoms with Gasteiger partial charge >= 0.3 is 0 Å². The summed E-state index contributed by atoms with van der Waals surface area (Å²) in [5, 5.41) is 0. The molecule has 1 aliphatic rings. The first-order valence-electron chi connectivity index (χ1n) is 10.7. The second-order valence-corrected chi connectivity index (χ2v) is 8.21. The van der Waals surface area contributed by atoms with Crippen molar-refractivity contribution < 1.29 is 13.5 Å². The smallest absolute Gasteiger partial charge is 0.201 e. The first-order valence-corrected chi connectivity index (χ1v) is 10.7. The maximum Gasteiger partial charge on any atom is 0.201 e. The third kappa shape index (κ3) is 4.24. The molecule has 0 aromatic heterocycles. The van der Waals surface area contributed by atoms with Crippen LogP contribution < -0.4 is 4.74 Å². The van der Waals surface area contributed by atoms with Crippen LogP contribution in [0.25, 0.3) is 11.1 Å². The average molecular weight is 387 g/mol. The molecule has 0 heterocycles. The van der Waals surface area contributed by atoms with Crippen LogP contribution in [0, 0.1) is 31.4 Å². The normalized spacial score (nSPS) is 19.6. The average Bonchev–Trinajstić information content (AvgIpc) is 2.69. The topological polar surface area (TPSA) is 9.23 Å². The zero-order valence-electron chi connectivity index (χ0n) is 17.6. The van der Waals surface area contributed by atoms with E-state index in [9.17, 15) is 8.78 Å². The third-order valence-corrected chi connectivity index (χ3v) is 6.20. The van der Waals surface area contributed by atoms with Crippen molar-refractivity contribution in [2.45, 2.75) is 72.1 Å². The molecular weight excluding hydrogens is 354 g/mol. The molecule has 0 atom stereocenters. The summed E-state index contributed by atoms with van der Waals surface area (Å²) in [7, 11) is 0. The molecule has 0 aliphatic heterocycles. The minimum Gasteiger partial charge on any atom is -0.490 e. The van der Waals surface area contributed by atoms with Gasteiger partial charge in [-0.05, 0) is 86.6 Å². The Balaban J connectivity index is 1.85. The van der Waals surface area contributed by atoms with Crippen molar-refractivity contribution in [2.75, 3.05) is 6.61 Å². The van der Waals surface area contributed by atoms with Gasteiger partial charge in [-0.2, -0.15) is 4.39 Å². The second-order valence-electron chi connectivity index (χ2n) is 8.21. The molecule has 1 nitrogen and oxygen atoms in total. The highest BCUT2D eigenvalue weighted by Gasteiger charge is 2.24. The van der Waals surface area contributed by atoms with E-state index in [1.807, 2.05) is 12.1 Å². The molecule has 0 radical (unpaired) electrons. The quantitative estimate of drug-likeness (QED) is 0.494. The molecule has 1 aliphatic carbocycles. The largest absolute Gasteiger partial charge is 0.490 e. The lowest BCUT2D eigenvalue weighted by atomic mass is 9.76. The molecule has 0 N–H and O–H groups in total. The van der Waals surface area contributed by atoms with Gasteiger partial charge < -0.3 is 4.74 Å². The molecule has 28 heavy (non-hydrogen) atoms. The Morgan fingerprint density at radius 3 is 2.25 bits per heavy atom. The van der Waals surface area contributed by atoms with Gasteiger partial charge in [0.05, 0.1) is 6.61 Å². The van der Waals surface area contributed by atoms with E-state index in [1.165, 1.54) is 49.7 Å². The Labute approximate surface area is 168 Å². The van der Waals surface area contributed by atoms with Gasteiger partial charge in [0.2, 0.25) is 5.82 Å². The number of rotatable bonds is 6. The van der Waals surface area contributed by atoms with Gasteiger partial charge in [-0.25, -0.2) is 4.39 Å². The summed E-state index contributed by atoms with van der Waals surface area (Å²) in [6.07, 6.45) is 7.68. The second kappa shape index (κ2) is 9.07. The SMILES string of the molecule is CCCC1CCC(c2ccc(-c3cc(C)c(OCC)c(F)c3F)cc2C)CC1. The van der Waals surface area contributed by atoms with Crippen LogP contribution >= 0.6 is 0 Å². The van der Waals surface area contributed by atoms with E-state index in [0.717, 1.165) is 11.5 Å². The number of aryl methyl sites for hydroxylation is 2. The standard InChI is InChI=1S/C25H32F2O/c1-5-7-18-8-10-19(11-9-18)21-13-12-20(14-16(21)3)22-15-17(4)25(28-6-2)24(27)23(22)26/h12-15,18-19H,5-11H2,1-4H3. The van der Waals surface area contributed by atoms with E-state index in [4.69, 9.17) is 4.74 Å². The first-order chi connectivity index (χ1) is 13.5. The van der Waals surface area contributed by atoms with Crippen molar-refractivity contribution in [3.05, 3.63) is 52.6 Å². The van der Waals surface area contributed by atoms with E-state index in [0.29, 0.717) is 23.7 Å². The fourth-order valence-corrected chi connectivity index (χ4v) is 4.74. The lowest BCUT2D eigenvalue weighted by Crippen LogP contribution is -2.14. The highest BCUT2D eigenvalue weighted by Crippen LogP contribution is 2.40. The van der Waals surface area contributed by atoms with Gasteiger partial charge in [-0.1, -0.05) is 38.0 Å². The Kier molecular flexibility index (Phi) is 6.74. The van der Waals surface area contributed by atoms with Crippen LogP contribution in [0.4, 0.5) is 8.78 Å². The monoisotopic (exact) mass is 386 g/mol. The van der Waals surface area contributed by atoms with Crippen LogP contribution in [0.3, 0.4) is 0 Å². The number of hydrogen-bond donors (Lipinski definition) is 0. The minimum atomic E-state index is -0.896. The predicted octanol–water partition coefficient (Wildman–Crippen LogP) is 7.72. The van der Waals surface area contributed by atoms with E-state index in [2.05, 4.69) is 19.9 Å². The summed E-state index contributed by atoms with van der Waals surface area (Å²) < 4.78 is 34.4. The van der Waals surface area contributed by atoms with Gasteiger partial charge in [0, 0.05) is 5.56 Å². The molecule has 0 unspecified atom stereocenters. The zero-order chi connectivity index (χ0) is 20.3. The summed E-state index contributed by atoms with van der Waals surface area (Å²) in [6.45, 7) is 8.19. The Hall–Kier alpha value is -1.90. The van der Waals surface area contributed by atoms with Crippen LogP contribution in [0.5, 0.6) is 5.75 Å². The fourth-order valence-electron chi connectivity index (χ4n) is 4.74. The molecule has 0 amide bonds. The summed E-state index contributed by atoms with van der Waals surface area (Å²) in [5.41, 5.74) is 4.18. The van der Waals surface area contributed by atoms with Crippen molar-refractivity contribution in [1.82, 2.24) is 0 Å². The van der Waals surface area contributed by atoms with Gasteiger partial charge in [0.15, 0.2) is 11.6 Å². The molecule has 1 fully saturated rings. The van der Waals surface area contributed by atoms with Gasteiger partial charge in [0.25, 0.3) is 0 Å². The van der Waals surface area contributed by atoms with Gasteiger partial charge in [0.1, 0.15) is 0 Å². The summed E-state index contributed by atoms with van der Waals surface area (Å²) >= 11 is 0. The molecule has 2 aromatic carbocycles. The van der Waals surface area contributed by atoms with Crippen LogP contribution in [0.2, 0.25) is 0 Å². The number of halogens is 2. The molecule has 0 bridgehead atoms. The zero-order valence-corrected chi connectivity index (χ0v) is 17.6. The van der Waals surface area contributed by atoms with Crippen LogP contribution in [-0.2, 0) is 0 Å². The molecule has 2 aromatic rings. The van der Waals surface area contributed by atoms with Crippen molar-refractivity contribution in [3.8, 4) is 16.9 Å². The summed E-state index contributed by atoms with van der Waals surface area (Å²) in [6, 6.07) is 7.76. The van der Waals surface area contributed by atoms with Crippen LogP contribution in [0.15, 0.2) is 24.3 Å². The van der Waals surface area contributed by atoms with Gasteiger partial charge in [-0.15, -0.1) is 0 Å². The van der Waals surface area contributed by atoms with Crippen molar-refractivity contribution in [1.29, 1.82) is 0 Å². The molecule has 3 rings (SSSR count). The fraction of sp³-hybridized carbons (Fsp3) is 0.520. The molecule has 3 heteroatoms. The van der Waals surface area contributed by atoms with Crippen molar-refractivity contribution >= 4 is 0 Å². The first kappa shape index (κ1) is 20.8. The number of hydrogen-bond acceptors (Lipinski definition) is 1. The minimum absolute atomic E-state index is 0.0148. The molecule has 1 saturated carbocycles. The summed E-state index contributed by atoms with van der Waals surface area (Å²) in [5.74, 6) is -0.245. The summed E-state index contributed by atoms with van der Waals surface area (Å²) in [4.78, 5) is 0. The lowest BCUT2D eigenvalue weighted by molar-refractivity contribution is 0.308. The van der Waals surface area contributed by atoms with E-state index < -0.39 is 11.6 Å². The van der Waals surface area contributed by atoms with Gasteiger partial charge in [-0.3, -0.25) is 0 Å². The molecule has 152 valence electrons. The number of ether oxygens (including phenoxy) is 1. The Bertz CT molecular complexity index is 820. The predicted molar refractivity (Wildman–Crippen MR) is 112 cm³/mol. The van der Waals surface area contributed by atoms with Crippen molar-refractivity contribution in [3.63, 3.8) is 0 Å². The van der Waals surface area contributed by atoms with E-state index in [-0.39, 0.29) is 5.75 Å². The van der Waals surface area contributed by atoms with E-state index >= 15 is 0 Å². The van der Waals surface area contributed by atoms with Crippen LogP contribution in [0.1, 0.15) is 75.0 Å². The number of benzene rings is 2. The lowest BCUT2D eigenvalue weighted by Gasteiger charge is -2.29. The Morgan fingerprint density at radius 2 is 1.64 bits per heavy atom. The van der Waals surface area contributed by atoms with Crippen molar-refractivity contribution in [2.24, 2.45) is 5.92 Å². The third-order valence-electron chi connectivity index (χ3n) is 6.20. The molecular formula is C25H32F2O. The highest BCUT2D eigenvalue weighted by molar-refractivity contribution is 5.68. The molecule has 0 spiro atoms. The maximum atomic E-state index is 14.7. The van der Waals surface area contributed by atoms with Crippen LogP contribution in [-0.4, -0.2) is 6.61 Å². The maximum absolute atomic E-state index is 14.7.